The van der Waals surface area contributed by atoms with Crippen molar-refractivity contribution in [2.45, 2.75) is 6.92 Å². The molecule has 2 N–H and O–H groups in total. The van der Waals surface area contributed by atoms with Crippen molar-refractivity contribution in [1.82, 2.24) is 9.88 Å². The molecule has 0 radical (unpaired) electrons. The SMILES string of the molecule is C/C=C(\C=C(/C=N)C(=O)OCCN(C)C)c1cc(-c2cc(Cl)ccc2F)nc2c1OCCN2. The molecule has 174 valence electrons. The van der Waals surface area contributed by atoms with Crippen molar-refractivity contribution in [3.05, 3.63) is 58.4 Å². The molecule has 0 unspecified atom stereocenters. The van der Waals surface area contributed by atoms with Gasteiger partial charge >= 0.3 is 5.97 Å². The number of rotatable bonds is 8. The molecule has 0 fully saturated rings. The first kappa shape index (κ1) is 24.4. The van der Waals surface area contributed by atoms with Gasteiger partial charge in [0.1, 0.15) is 19.0 Å². The van der Waals surface area contributed by atoms with Gasteiger partial charge in [0.15, 0.2) is 11.6 Å². The maximum Gasteiger partial charge on any atom is 0.339 e. The van der Waals surface area contributed by atoms with Crippen molar-refractivity contribution >= 4 is 35.2 Å². The Balaban J connectivity index is 2.05. The lowest BCUT2D eigenvalue weighted by Gasteiger charge is -2.23. The number of benzene rings is 1. The Bertz CT molecular complexity index is 1120. The summed E-state index contributed by atoms with van der Waals surface area (Å²) in [4.78, 5) is 18.9. The molecule has 1 aliphatic heterocycles. The number of nitrogens with one attached hydrogen (secondary N) is 2. The van der Waals surface area contributed by atoms with Crippen LogP contribution >= 0.6 is 11.6 Å². The summed E-state index contributed by atoms with van der Waals surface area (Å²) >= 11 is 6.09. The van der Waals surface area contributed by atoms with Gasteiger partial charge in [-0.3, -0.25) is 0 Å². The van der Waals surface area contributed by atoms with E-state index < -0.39 is 11.8 Å². The zero-order chi connectivity index (χ0) is 24.0. The van der Waals surface area contributed by atoms with Crippen LogP contribution in [0.15, 0.2) is 42.0 Å². The van der Waals surface area contributed by atoms with E-state index >= 15 is 0 Å². The number of fused-ring (bicyclic) bond motifs is 1. The van der Waals surface area contributed by atoms with E-state index in [-0.39, 0.29) is 17.7 Å². The Morgan fingerprint density at radius 3 is 2.88 bits per heavy atom. The topological polar surface area (TPSA) is 87.5 Å². The Labute approximate surface area is 197 Å². The second-order valence-corrected chi connectivity index (χ2v) is 8.00. The standard InChI is InChI=1S/C24H26ClFN4O3/c1-4-15(11-16(14-27)24(31)33-10-8-30(2)3)18-13-21(19-12-17(25)5-6-20(19)26)29-23-22(18)32-9-7-28-23/h4-6,11-14,27H,7-10H2,1-3H3,(H,28,29)/b15-4+,16-11+,27-14?. The van der Waals surface area contributed by atoms with Gasteiger partial charge < -0.3 is 25.1 Å². The molecule has 0 atom stereocenters. The van der Waals surface area contributed by atoms with Gasteiger partial charge in [0, 0.05) is 28.9 Å². The summed E-state index contributed by atoms with van der Waals surface area (Å²) in [5.74, 6) is -0.112. The van der Waals surface area contributed by atoms with Gasteiger partial charge in [-0.05, 0) is 56.9 Å². The Morgan fingerprint density at radius 1 is 1.39 bits per heavy atom. The molecule has 0 spiro atoms. The van der Waals surface area contributed by atoms with Crippen LogP contribution in [0.5, 0.6) is 5.75 Å². The third kappa shape index (κ3) is 5.97. The van der Waals surface area contributed by atoms with Crippen LogP contribution in [-0.2, 0) is 9.53 Å². The molecule has 7 nitrogen and oxygen atoms in total. The van der Waals surface area contributed by atoms with Crippen LogP contribution in [0.4, 0.5) is 10.2 Å². The Hall–Kier alpha value is -3.23. The number of halogens is 2. The van der Waals surface area contributed by atoms with E-state index in [1.165, 1.54) is 18.2 Å². The zero-order valence-electron chi connectivity index (χ0n) is 18.7. The third-order valence-corrected chi connectivity index (χ3v) is 5.15. The number of nitrogens with zero attached hydrogens (tertiary/aromatic N) is 2. The number of carbonyl (C=O) groups excluding carboxylic acids is 1. The minimum absolute atomic E-state index is 0.0756. The van der Waals surface area contributed by atoms with E-state index in [4.69, 9.17) is 26.5 Å². The quantitative estimate of drug-likeness (QED) is 0.256. The van der Waals surface area contributed by atoms with Gasteiger partial charge in [-0.15, -0.1) is 0 Å². The molecule has 0 aliphatic carbocycles. The summed E-state index contributed by atoms with van der Waals surface area (Å²) in [5, 5.41) is 11.3. The maximum absolute atomic E-state index is 14.6. The van der Waals surface area contributed by atoms with Crippen molar-refractivity contribution in [3.63, 3.8) is 0 Å². The van der Waals surface area contributed by atoms with Crippen LogP contribution in [0, 0.1) is 11.2 Å². The highest BCUT2D eigenvalue weighted by Crippen LogP contribution is 2.39. The van der Waals surface area contributed by atoms with Crippen molar-refractivity contribution in [2.24, 2.45) is 0 Å². The van der Waals surface area contributed by atoms with Crippen molar-refractivity contribution in [2.75, 3.05) is 45.7 Å². The van der Waals surface area contributed by atoms with Crippen LogP contribution < -0.4 is 10.1 Å². The fourth-order valence-corrected chi connectivity index (χ4v) is 3.39. The summed E-state index contributed by atoms with van der Waals surface area (Å²) < 4.78 is 25.7. The summed E-state index contributed by atoms with van der Waals surface area (Å²) in [6, 6.07) is 5.95. The number of hydrogen-bond donors (Lipinski definition) is 2. The summed E-state index contributed by atoms with van der Waals surface area (Å²) in [6.07, 6.45) is 4.28. The normalized spacial score (nSPS) is 13.8. The Morgan fingerprint density at radius 2 is 2.18 bits per heavy atom. The molecule has 2 heterocycles. The molecule has 3 rings (SSSR count). The molecular weight excluding hydrogens is 447 g/mol. The van der Waals surface area contributed by atoms with Crippen molar-refractivity contribution < 1.29 is 18.7 Å². The van der Waals surface area contributed by atoms with Gasteiger partial charge in [-0.2, -0.15) is 0 Å². The third-order valence-electron chi connectivity index (χ3n) is 4.91. The number of aromatic nitrogens is 1. The highest BCUT2D eigenvalue weighted by atomic mass is 35.5. The minimum atomic E-state index is -0.603. The number of allylic oxidation sites excluding steroid dienone is 3. The number of hydrogen-bond acceptors (Lipinski definition) is 7. The highest BCUT2D eigenvalue weighted by molar-refractivity contribution is 6.30. The molecule has 1 aromatic carbocycles. The smallest absolute Gasteiger partial charge is 0.339 e. The molecule has 33 heavy (non-hydrogen) atoms. The molecule has 0 amide bonds. The lowest BCUT2D eigenvalue weighted by Crippen LogP contribution is -2.21. The van der Waals surface area contributed by atoms with Crippen LogP contribution in [0.3, 0.4) is 0 Å². The molecule has 0 bridgehead atoms. The van der Waals surface area contributed by atoms with E-state index in [1.807, 2.05) is 19.0 Å². The highest BCUT2D eigenvalue weighted by Gasteiger charge is 2.22. The van der Waals surface area contributed by atoms with Crippen molar-refractivity contribution in [1.29, 1.82) is 5.41 Å². The average molecular weight is 473 g/mol. The number of carbonyl (C=O) groups is 1. The lowest BCUT2D eigenvalue weighted by molar-refractivity contribution is -0.138. The van der Waals surface area contributed by atoms with Gasteiger partial charge in [0.2, 0.25) is 0 Å². The van der Waals surface area contributed by atoms with E-state index in [9.17, 15) is 9.18 Å². The number of esters is 1. The first-order chi connectivity index (χ1) is 15.8. The Kier molecular flexibility index (Phi) is 8.19. The van der Waals surface area contributed by atoms with Crippen LogP contribution in [0.1, 0.15) is 12.5 Å². The largest absolute Gasteiger partial charge is 0.487 e. The molecule has 9 heteroatoms. The first-order valence-electron chi connectivity index (χ1n) is 10.4. The number of anilines is 1. The molecule has 1 aliphatic rings. The minimum Gasteiger partial charge on any atom is -0.487 e. The fraction of sp³-hybridized carbons (Fsp3) is 0.292. The summed E-state index contributed by atoms with van der Waals surface area (Å²) in [6.45, 7) is 3.55. The maximum atomic E-state index is 14.6. The molecule has 0 saturated heterocycles. The molecule has 0 saturated carbocycles. The van der Waals surface area contributed by atoms with Crippen molar-refractivity contribution in [3.8, 4) is 17.0 Å². The van der Waals surface area contributed by atoms with E-state index in [0.29, 0.717) is 53.1 Å². The number of likely N-dealkylation sites (N-methyl/N-ethyl adjacent to an activating group) is 1. The monoisotopic (exact) mass is 472 g/mol. The predicted octanol–water partition coefficient (Wildman–Crippen LogP) is 4.43. The van der Waals surface area contributed by atoms with Gasteiger partial charge in [-0.1, -0.05) is 17.7 Å². The fourth-order valence-electron chi connectivity index (χ4n) is 3.22. The zero-order valence-corrected chi connectivity index (χ0v) is 19.5. The molecular formula is C24H26ClFN4O3. The number of ether oxygens (including phenoxy) is 2. The van der Waals surface area contributed by atoms with Gasteiger partial charge in [-0.25, -0.2) is 14.2 Å². The van der Waals surface area contributed by atoms with Gasteiger partial charge in [0.25, 0.3) is 0 Å². The van der Waals surface area contributed by atoms with E-state index in [1.54, 1.807) is 25.1 Å². The average Bonchev–Trinajstić information content (AvgIpc) is 2.80. The number of pyridine rings is 1. The first-order valence-corrected chi connectivity index (χ1v) is 10.8. The molecule has 2 aromatic rings. The predicted molar refractivity (Wildman–Crippen MR) is 129 cm³/mol. The molecule has 1 aromatic heterocycles. The van der Waals surface area contributed by atoms with Crippen LogP contribution in [0.25, 0.3) is 16.8 Å². The van der Waals surface area contributed by atoms with Gasteiger partial charge in [0.05, 0.1) is 17.8 Å². The second-order valence-electron chi connectivity index (χ2n) is 7.56. The lowest BCUT2D eigenvalue weighted by atomic mass is 9.99. The van der Waals surface area contributed by atoms with Crippen LogP contribution in [-0.4, -0.2) is 62.5 Å². The summed E-state index contributed by atoms with van der Waals surface area (Å²) in [5.41, 5.74) is 1.88. The van der Waals surface area contributed by atoms with Crippen LogP contribution in [0.2, 0.25) is 5.02 Å². The second kappa shape index (κ2) is 11.1. The summed E-state index contributed by atoms with van der Waals surface area (Å²) in [7, 11) is 3.75. The van der Waals surface area contributed by atoms with E-state index in [2.05, 4.69) is 10.3 Å². The van der Waals surface area contributed by atoms with E-state index in [0.717, 1.165) is 6.21 Å².